The SMILES string of the molecule is CN(C(=O)C12CC3CC(CC(C3)C1)C2)C1CCNC1. The van der Waals surface area contributed by atoms with Gasteiger partial charge < -0.3 is 10.2 Å². The number of amides is 1. The lowest BCUT2D eigenvalue weighted by Crippen LogP contribution is -2.55. The van der Waals surface area contributed by atoms with Crippen molar-refractivity contribution in [3.8, 4) is 0 Å². The molecule has 1 N–H and O–H groups in total. The highest BCUT2D eigenvalue weighted by atomic mass is 16.2. The smallest absolute Gasteiger partial charge is 0.228 e. The molecule has 19 heavy (non-hydrogen) atoms. The predicted octanol–water partition coefficient (Wildman–Crippen LogP) is 2.02. The molecule has 5 fully saturated rings. The van der Waals surface area contributed by atoms with Crippen molar-refractivity contribution in [2.45, 2.75) is 51.0 Å². The topological polar surface area (TPSA) is 32.3 Å². The summed E-state index contributed by atoms with van der Waals surface area (Å²) in [6.07, 6.45) is 8.98. The van der Waals surface area contributed by atoms with Gasteiger partial charge in [-0.2, -0.15) is 0 Å². The summed E-state index contributed by atoms with van der Waals surface area (Å²) < 4.78 is 0. The van der Waals surface area contributed by atoms with Gasteiger partial charge in [-0.15, -0.1) is 0 Å². The van der Waals surface area contributed by atoms with E-state index in [0.717, 1.165) is 37.3 Å². The second-order valence-electron chi connectivity index (χ2n) is 7.76. The Hall–Kier alpha value is -0.570. The molecule has 4 bridgehead atoms. The molecule has 0 aromatic heterocycles. The number of rotatable bonds is 2. The highest BCUT2D eigenvalue weighted by Gasteiger charge is 2.55. The monoisotopic (exact) mass is 262 g/mol. The van der Waals surface area contributed by atoms with Crippen LogP contribution < -0.4 is 5.32 Å². The molecular formula is C16H26N2O. The lowest BCUT2D eigenvalue weighted by Gasteiger charge is -2.56. The Morgan fingerprint density at radius 3 is 2.16 bits per heavy atom. The fourth-order valence-electron chi connectivity index (χ4n) is 5.88. The minimum absolute atomic E-state index is 0.0477. The van der Waals surface area contributed by atoms with Gasteiger partial charge in [0.2, 0.25) is 5.91 Å². The number of hydrogen-bond acceptors (Lipinski definition) is 2. The van der Waals surface area contributed by atoms with Crippen molar-refractivity contribution < 1.29 is 4.79 Å². The molecule has 106 valence electrons. The molecule has 4 aliphatic carbocycles. The van der Waals surface area contributed by atoms with E-state index >= 15 is 0 Å². The zero-order chi connectivity index (χ0) is 13.0. The van der Waals surface area contributed by atoms with Gasteiger partial charge in [0.15, 0.2) is 0 Å². The van der Waals surface area contributed by atoms with E-state index in [-0.39, 0.29) is 5.41 Å². The maximum absolute atomic E-state index is 13.1. The van der Waals surface area contributed by atoms with E-state index in [2.05, 4.69) is 17.3 Å². The molecule has 0 aromatic carbocycles. The van der Waals surface area contributed by atoms with Crippen LogP contribution in [0, 0.1) is 23.2 Å². The summed E-state index contributed by atoms with van der Waals surface area (Å²) in [7, 11) is 2.05. The largest absolute Gasteiger partial charge is 0.341 e. The Morgan fingerprint density at radius 1 is 1.11 bits per heavy atom. The molecule has 0 spiro atoms. The van der Waals surface area contributed by atoms with Crippen molar-refractivity contribution in [2.24, 2.45) is 23.2 Å². The normalized spacial score (nSPS) is 47.6. The van der Waals surface area contributed by atoms with Crippen molar-refractivity contribution in [3.05, 3.63) is 0 Å². The number of nitrogens with one attached hydrogen (secondary N) is 1. The second kappa shape index (κ2) is 4.21. The van der Waals surface area contributed by atoms with Crippen LogP contribution in [-0.2, 0) is 4.79 Å². The molecule has 3 heteroatoms. The third-order valence-electron chi connectivity index (χ3n) is 6.39. The number of hydrogen-bond donors (Lipinski definition) is 1. The molecular weight excluding hydrogens is 236 g/mol. The molecule has 4 saturated carbocycles. The van der Waals surface area contributed by atoms with Crippen LogP contribution in [0.25, 0.3) is 0 Å². The highest BCUT2D eigenvalue weighted by Crippen LogP contribution is 2.60. The van der Waals surface area contributed by atoms with E-state index in [1.165, 1.54) is 38.5 Å². The Bertz CT molecular complexity index is 351. The van der Waals surface area contributed by atoms with Crippen LogP contribution in [0.1, 0.15) is 44.9 Å². The van der Waals surface area contributed by atoms with E-state index in [4.69, 9.17) is 0 Å². The second-order valence-corrected chi connectivity index (χ2v) is 7.76. The molecule has 1 amide bonds. The summed E-state index contributed by atoms with van der Waals surface area (Å²) in [5.41, 5.74) is 0.0477. The average molecular weight is 262 g/mol. The predicted molar refractivity (Wildman–Crippen MR) is 74.6 cm³/mol. The van der Waals surface area contributed by atoms with Crippen LogP contribution in [0.15, 0.2) is 0 Å². The summed E-state index contributed by atoms with van der Waals surface area (Å²) in [5, 5.41) is 3.39. The average Bonchev–Trinajstić information content (AvgIpc) is 2.89. The molecule has 0 radical (unpaired) electrons. The Morgan fingerprint density at radius 2 is 1.68 bits per heavy atom. The fourth-order valence-corrected chi connectivity index (χ4v) is 5.88. The van der Waals surface area contributed by atoms with Crippen LogP contribution in [0.4, 0.5) is 0 Å². The number of carbonyl (C=O) groups is 1. The standard InChI is InChI=1S/C16H26N2O/c1-18(14-2-3-17-10-14)15(19)16-7-11-4-12(8-16)6-13(5-11)9-16/h11-14,17H,2-10H2,1H3. The van der Waals surface area contributed by atoms with Crippen LogP contribution in [-0.4, -0.2) is 37.0 Å². The Labute approximate surface area is 116 Å². The van der Waals surface area contributed by atoms with Gasteiger partial charge in [0, 0.05) is 19.6 Å². The van der Waals surface area contributed by atoms with Crippen molar-refractivity contribution in [2.75, 3.05) is 20.1 Å². The maximum atomic E-state index is 13.1. The van der Waals surface area contributed by atoms with Crippen molar-refractivity contribution in [3.63, 3.8) is 0 Å². The molecule has 1 aliphatic heterocycles. The first-order valence-corrected chi connectivity index (χ1v) is 8.14. The number of carbonyl (C=O) groups excluding carboxylic acids is 1. The van der Waals surface area contributed by atoms with Gasteiger partial charge in [0.1, 0.15) is 0 Å². The first-order valence-electron chi connectivity index (χ1n) is 8.14. The third-order valence-corrected chi connectivity index (χ3v) is 6.39. The highest BCUT2D eigenvalue weighted by molar-refractivity contribution is 5.83. The van der Waals surface area contributed by atoms with Gasteiger partial charge in [-0.05, 0) is 69.2 Å². The first kappa shape index (κ1) is 12.2. The van der Waals surface area contributed by atoms with Crippen LogP contribution in [0.5, 0.6) is 0 Å². The molecule has 3 nitrogen and oxygen atoms in total. The molecule has 1 unspecified atom stereocenters. The molecule has 1 heterocycles. The first-order chi connectivity index (χ1) is 9.16. The zero-order valence-electron chi connectivity index (χ0n) is 12.0. The minimum Gasteiger partial charge on any atom is -0.341 e. The number of likely N-dealkylation sites (N-methyl/N-ethyl adjacent to an activating group) is 1. The van der Waals surface area contributed by atoms with Gasteiger partial charge in [-0.25, -0.2) is 0 Å². The van der Waals surface area contributed by atoms with E-state index in [9.17, 15) is 4.79 Å². The van der Waals surface area contributed by atoms with Crippen LogP contribution in [0.2, 0.25) is 0 Å². The minimum atomic E-state index is 0.0477. The van der Waals surface area contributed by atoms with Gasteiger partial charge >= 0.3 is 0 Å². The summed E-state index contributed by atoms with van der Waals surface area (Å²) >= 11 is 0. The molecule has 1 atom stereocenters. The van der Waals surface area contributed by atoms with E-state index in [0.29, 0.717) is 11.9 Å². The summed E-state index contributed by atoms with van der Waals surface area (Å²) in [6.45, 7) is 2.07. The fraction of sp³-hybridized carbons (Fsp3) is 0.938. The van der Waals surface area contributed by atoms with Gasteiger partial charge in [-0.3, -0.25) is 4.79 Å². The zero-order valence-corrected chi connectivity index (χ0v) is 12.0. The molecule has 1 saturated heterocycles. The van der Waals surface area contributed by atoms with Crippen molar-refractivity contribution in [1.29, 1.82) is 0 Å². The van der Waals surface area contributed by atoms with E-state index < -0.39 is 0 Å². The van der Waals surface area contributed by atoms with Crippen LogP contribution >= 0.6 is 0 Å². The lowest BCUT2D eigenvalue weighted by molar-refractivity contribution is -0.158. The summed E-state index contributed by atoms with van der Waals surface area (Å²) in [6, 6.07) is 0.445. The Balaban J connectivity index is 1.55. The van der Waals surface area contributed by atoms with Gasteiger partial charge in [0.05, 0.1) is 5.41 Å². The molecule has 5 aliphatic rings. The summed E-state index contributed by atoms with van der Waals surface area (Å²) in [5.74, 6) is 3.08. The summed E-state index contributed by atoms with van der Waals surface area (Å²) in [4.78, 5) is 15.2. The van der Waals surface area contributed by atoms with Gasteiger partial charge in [-0.1, -0.05) is 0 Å². The number of nitrogens with zero attached hydrogens (tertiary/aromatic N) is 1. The van der Waals surface area contributed by atoms with Crippen molar-refractivity contribution in [1.82, 2.24) is 10.2 Å². The van der Waals surface area contributed by atoms with Gasteiger partial charge in [0.25, 0.3) is 0 Å². The Kier molecular flexibility index (Phi) is 2.70. The third kappa shape index (κ3) is 1.84. The molecule has 0 aromatic rings. The van der Waals surface area contributed by atoms with Crippen LogP contribution in [0.3, 0.4) is 0 Å². The quantitative estimate of drug-likeness (QED) is 0.826. The van der Waals surface area contributed by atoms with E-state index in [1.807, 2.05) is 0 Å². The van der Waals surface area contributed by atoms with Crippen molar-refractivity contribution >= 4 is 5.91 Å². The van der Waals surface area contributed by atoms with E-state index in [1.54, 1.807) is 0 Å². The lowest BCUT2D eigenvalue weighted by atomic mass is 9.49. The maximum Gasteiger partial charge on any atom is 0.228 e. The molecule has 5 rings (SSSR count).